The zero-order valence-corrected chi connectivity index (χ0v) is 21.3. The number of aromatic nitrogens is 3. The molecule has 1 aliphatic rings. The van der Waals surface area contributed by atoms with Crippen molar-refractivity contribution in [1.82, 2.24) is 19.7 Å². The van der Waals surface area contributed by atoms with Gasteiger partial charge in [-0.2, -0.15) is 0 Å². The van der Waals surface area contributed by atoms with E-state index in [-0.39, 0.29) is 5.91 Å². The number of carbonyl (C=O) groups is 1. The number of piperidine rings is 1. The number of likely N-dealkylation sites (tertiary alicyclic amines) is 1. The lowest BCUT2D eigenvalue weighted by Crippen LogP contribution is -2.39. The van der Waals surface area contributed by atoms with Gasteiger partial charge < -0.3 is 9.32 Å². The van der Waals surface area contributed by atoms with Crippen molar-refractivity contribution in [2.24, 2.45) is 5.92 Å². The fourth-order valence-electron chi connectivity index (χ4n) is 5.10. The summed E-state index contributed by atoms with van der Waals surface area (Å²) in [5.74, 6) is 2.36. The first-order chi connectivity index (χ1) is 18.3. The van der Waals surface area contributed by atoms with Crippen molar-refractivity contribution in [3.8, 4) is 17.3 Å². The van der Waals surface area contributed by atoms with Crippen LogP contribution < -0.4 is 0 Å². The molecule has 0 saturated carbocycles. The highest BCUT2D eigenvalue weighted by Crippen LogP contribution is 2.32. The number of hydrogen-bond donors (Lipinski definition) is 0. The monoisotopic (exact) mass is 508 g/mol. The number of fused-ring (bicyclic) bond motifs is 1. The van der Waals surface area contributed by atoms with E-state index >= 15 is 0 Å². The molecule has 0 spiro atoms. The van der Waals surface area contributed by atoms with Gasteiger partial charge in [-0.25, -0.2) is 0 Å². The molecule has 7 heteroatoms. The molecule has 1 saturated heterocycles. The molecular weight excluding hydrogens is 480 g/mol. The second kappa shape index (κ2) is 10.6. The van der Waals surface area contributed by atoms with Crippen LogP contribution in [0, 0.1) is 5.92 Å². The Hall–Kier alpha value is -3.84. The highest BCUT2D eigenvalue weighted by atomic mass is 32.2. The van der Waals surface area contributed by atoms with E-state index in [2.05, 4.69) is 64.8 Å². The lowest BCUT2D eigenvalue weighted by molar-refractivity contribution is -0.129. The summed E-state index contributed by atoms with van der Waals surface area (Å²) in [5, 5.41) is 11.8. The van der Waals surface area contributed by atoms with Crippen LogP contribution in [0.5, 0.6) is 0 Å². The number of hydrogen-bond acceptors (Lipinski definition) is 5. The van der Waals surface area contributed by atoms with E-state index in [0.717, 1.165) is 48.8 Å². The Balaban J connectivity index is 1.18. The molecule has 6 rings (SSSR count). The Kier molecular flexibility index (Phi) is 6.78. The van der Waals surface area contributed by atoms with E-state index in [1.54, 1.807) is 6.26 Å². The lowest BCUT2D eigenvalue weighted by atomic mass is 9.90. The zero-order chi connectivity index (χ0) is 25.0. The smallest absolute Gasteiger partial charge is 0.233 e. The second-order valence-corrected chi connectivity index (χ2v) is 10.4. The normalized spacial score (nSPS) is 14.3. The average molecular weight is 509 g/mol. The van der Waals surface area contributed by atoms with Gasteiger partial charge in [0.05, 0.1) is 17.7 Å². The number of thioether (sulfide) groups is 1. The summed E-state index contributed by atoms with van der Waals surface area (Å²) in [6.45, 7) is 1.62. The third kappa shape index (κ3) is 5.04. The van der Waals surface area contributed by atoms with E-state index in [1.807, 2.05) is 39.8 Å². The topological polar surface area (TPSA) is 64.2 Å². The Morgan fingerprint density at radius 3 is 2.49 bits per heavy atom. The van der Waals surface area contributed by atoms with Crippen molar-refractivity contribution in [2.75, 3.05) is 18.8 Å². The largest absolute Gasteiger partial charge is 0.461 e. The number of rotatable bonds is 7. The summed E-state index contributed by atoms with van der Waals surface area (Å²) in [4.78, 5) is 15.2. The van der Waals surface area contributed by atoms with Crippen LogP contribution in [0.1, 0.15) is 18.4 Å². The van der Waals surface area contributed by atoms with Crippen molar-refractivity contribution in [1.29, 1.82) is 0 Å². The molecule has 186 valence electrons. The number of furan rings is 1. The maximum absolute atomic E-state index is 13.2. The van der Waals surface area contributed by atoms with Gasteiger partial charge in [-0.1, -0.05) is 78.5 Å². The summed E-state index contributed by atoms with van der Waals surface area (Å²) in [5.41, 5.74) is 2.34. The van der Waals surface area contributed by atoms with E-state index in [0.29, 0.717) is 28.4 Å². The highest BCUT2D eigenvalue weighted by molar-refractivity contribution is 7.99. The standard InChI is InChI=1S/C30H28N4O2S/c35-28(33-17-15-23(16-18-33)20-22-8-2-1-3-9-22)21-37-30-32-31-29(27-14-7-19-36-27)34(30)26-13-6-11-24-10-4-5-12-25(24)26/h1-14,19,23H,15-18,20-21H2. The molecule has 3 heterocycles. The molecule has 1 aliphatic heterocycles. The fourth-order valence-corrected chi connectivity index (χ4v) is 5.95. The molecule has 0 atom stereocenters. The van der Waals surface area contributed by atoms with E-state index < -0.39 is 0 Å². The van der Waals surface area contributed by atoms with Crippen molar-refractivity contribution in [3.63, 3.8) is 0 Å². The SMILES string of the molecule is O=C(CSc1nnc(-c2ccco2)n1-c1cccc2ccccc12)N1CCC(Cc2ccccc2)CC1. The molecule has 0 unspecified atom stereocenters. The number of amides is 1. The lowest BCUT2D eigenvalue weighted by Gasteiger charge is -2.32. The third-order valence-electron chi connectivity index (χ3n) is 7.04. The Bertz CT molecular complexity index is 1480. The maximum Gasteiger partial charge on any atom is 0.233 e. The van der Waals surface area contributed by atoms with Gasteiger partial charge in [0.15, 0.2) is 10.9 Å². The number of carbonyl (C=O) groups excluding carboxylic acids is 1. The van der Waals surface area contributed by atoms with Crippen LogP contribution in [0.4, 0.5) is 0 Å². The summed E-state index contributed by atoms with van der Waals surface area (Å²) in [7, 11) is 0. The molecule has 2 aromatic heterocycles. The minimum absolute atomic E-state index is 0.148. The van der Waals surface area contributed by atoms with Gasteiger partial charge in [0, 0.05) is 18.5 Å². The molecule has 0 radical (unpaired) electrons. The van der Waals surface area contributed by atoms with E-state index in [9.17, 15) is 4.79 Å². The third-order valence-corrected chi connectivity index (χ3v) is 7.96. The minimum atomic E-state index is 0.148. The molecule has 0 aliphatic carbocycles. The second-order valence-electron chi connectivity index (χ2n) is 9.42. The van der Waals surface area contributed by atoms with E-state index in [4.69, 9.17) is 4.42 Å². The molecule has 6 nitrogen and oxygen atoms in total. The minimum Gasteiger partial charge on any atom is -0.461 e. The predicted octanol–water partition coefficient (Wildman–Crippen LogP) is 6.25. The Morgan fingerprint density at radius 1 is 0.892 bits per heavy atom. The van der Waals surface area contributed by atoms with Crippen LogP contribution in [0.15, 0.2) is 101 Å². The van der Waals surface area contributed by atoms with Gasteiger partial charge in [-0.3, -0.25) is 9.36 Å². The van der Waals surface area contributed by atoms with Crippen LogP contribution in [-0.4, -0.2) is 44.4 Å². The molecular formula is C30H28N4O2S. The Labute approximate surface area is 220 Å². The van der Waals surface area contributed by atoms with Crippen LogP contribution in [-0.2, 0) is 11.2 Å². The summed E-state index contributed by atoms with van der Waals surface area (Å²) in [6.07, 6.45) is 4.80. The Morgan fingerprint density at radius 2 is 1.68 bits per heavy atom. The van der Waals surface area contributed by atoms with Crippen molar-refractivity contribution in [2.45, 2.75) is 24.4 Å². The summed E-state index contributed by atoms with van der Waals surface area (Å²) in [6, 6.07) is 28.8. The van der Waals surface area contributed by atoms with Crippen LogP contribution in [0.3, 0.4) is 0 Å². The van der Waals surface area contributed by atoms with Crippen molar-refractivity contribution >= 4 is 28.4 Å². The van der Waals surface area contributed by atoms with Crippen molar-refractivity contribution in [3.05, 3.63) is 96.8 Å². The fraction of sp³-hybridized carbons (Fsp3) is 0.233. The molecule has 1 fully saturated rings. The first-order valence-electron chi connectivity index (χ1n) is 12.7. The number of nitrogens with zero attached hydrogens (tertiary/aromatic N) is 4. The molecule has 3 aromatic carbocycles. The van der Waals surface area contributed by atoms with Gasteiger partial charge in [0.1, 0.15) is 0 Å². The predicted molar refractivity (Wildman–Crippen MR) is 147 cm³/mol. The van der Waals surface area contributed by atoms with Crippen molar-refractivity contribution < 1.29 is 9.21 Å². The van der Waals surface area contributed by atoms with Gasteiger partial charge in [-0.15, -0.1) is 10.2 Å². The molecule has 5 aromatic rings. The van der Waals surface area contributed by atoms with E-state index in [1.165, 1.54) is 17.3 Å². The molecule has 1 amide bonds. The summed E-state index contributed by atoms with van der Waals surface area (Å²) < 4.78 is 7.68. The first kappa shape index (κ1) is 23.6. The van der Waals surface area contributed by atoms with Gasteiger partial charge in [0.25, 0.3) is 0 Å². The summed E-state index contributed by atoms with van der Waals surface area (Å²) >= 11 is 1.43. The first-order valence-corrected chi connectivity index (χ1v) is 13.7. The molecule has 37 heavy (non-hydrogen) atoms. The van der Waals surface area contributed by atoms with Crippen LogP contribution in [0.2, 0.25) is 0 Å². The molecule has 0 N–H and O–H groups in total. The zero-order valence-electron chi connectivity index (χ0n) is 20.5. The quantitative estimate of drug-likeness (QED) is 0.243. The maximum atomic E-state index is 13.2. The van der Waals surface area contributed by atoms with Gasteiger partial charge >= 0.3 is 0 Å². The molecule has 0 bridgehead atoms. The van der Waals surface area contributed by atoms with Crippen LogP contribution >= 0.6 is 11.8 Å². The van der Waals surface area contributed by atoms with Gasteiger partial charge in [0.2, 0.25) is 11.7 Å². The number of benzene rings is 3. The van der Waals surface area contributed by atoms with Crippen LogP contribution in [0.25, 0.3) is 28.0 Å². The highest BCUT2D eigenvalue weighted by Gasteiger charge is 2.25. The van der Waals surface area contributed by atoms with Gasteiger partial charge in [-0.05, 0) is 54.3 Å². The average Bonchev–Trinajstić information content (AvgIpc) is 3.63.